The zero-order chi connectivity index (χ0) is 21.7. The number of hydrogen-bond donors (Lipinski definition) is 2. The number of anilines is 1. The van der Waals surface area contributed by atoms with Crippen LogP contribution in [0.25, 0.3) is 0 Å². The van der Waals surface area contributed by atoms with E-state index < -0.39 is 4.92 Å². The molecular formula is C20H28N6O3S. The zero-order valence-electron chi connectivity index (χ0n) is 17.3. The Morgan fingerprint density at radius 1 is 1.33 bits per heavy atom. The van der Waals surface area contributed by atoms with E-state index in [-0.39, 0.29) is 17.6 Å². The first-order chi connectivity index (χ1) is 14.4. The molecule has 2 heterocycles. The number of hydrogen-bond acceptors (Lipinski definition) is 6. The van der Waals surface area contributed by atoms with Crippen LogP contribution in [0.4, 0.5) is 11.4 Å². The van der Waals surface area contributed by atoms with Crippen molar-refractivity contribution in [3.8, 4) is 0 Å². The summed E-state index contributed by atoms with van der Waals surface area (Å²) in [5.74, 6) is 1.48. The minimum absolute atomic E-state index is 0.0665. The third-order valence-electron chi connectivity index (χ3n) is 5.44. The molecule has 162 valence electrons. The summed E-state index contributed by atoms with van der Waals surface area (Å²) in [6.45, 7) is 6.30. The Labute approximate surface area is 180 Å². The molecule has 0 saturated carbocycles. The van der Waals surface area contributed by atoms with Gasteiger partial charge in [0, 0.05) is 55.8 Å². The van der Waals surface area contributed by atoms with Crippen molar-refractivity contribution in [2.75, 3.05) is 25.0 Å². The maximum atomic E-state index is 12.5. The normalized spacial score (nSPS) is 14.8. The van der Waals surface area contributed by atoms with Gasteiger partial charge in [-0.2, -0.15) is 5.10 Å². The van der Waals surface area contributed by atoms with Crippen molar-refractivity contribution in [1.82, 2.24) is 19.7 Å². The van der Waals surface area contributed by atoms with E-state index in [9.17, 15) is 14.9 Å². The summed E-state index contributed by atoms with van der Waals surface area (Å²) < 4.78 is 2.72. The summed E-state index contributed by atoms with van der Waals surface area (Å²) in [6.07, 6.45) is 2.97. The minimum Gasteiger partial charge on any atom is -0.385 e. The van der Waals surface area contributed by atoms with Crippen LogP contribution in [-0.4, -0.2) is 50.1 Å². The molecule has 10 heteroatoms. The standard InChI is InChI=1S/C20H28N6O3S/c1-14(2)25-19(22-23-20(25)30)15-9-12-24(13-10-15)18(27)4-3-11-21-16-5-7-17(8-6-16)26(28)29/h5-8,14-15,21H,3-4,9-13H2,1-2H3,(H,23,30). The first kappa shape index (κ1) is 21.9. The molecular weight excluding hydrogens is 404 g/mol. The van der Waals surface area contributed by atoms with Gasteiger partial charge in [-0.05, 0) is 57.5 Å². The van der Waals surface area contributed by atoms with E-state index in [1.165, 1.54) is 12.1 Å². The summed E-state index contributed by atoms with van der Waals surface area (Å²) in [4.78, 5) is 24.7. The van der Waals surface area contributed by atoms with Gasteiger partial charge in [0.1, 0.15) is 5.82 Å². The fraction of sp³-hybridized carbons (Fsp3) is 0.550. The van der Waals surface area contributed by atoms with Crippen LogP contribution in [0.1, 0.15) is 57.3 Å². The maximum absolute atomic E-state index is 12.5. The van der Waals surface area contributed by atoms with Crippen molar-refractivity contribution in [3.63, 3.8) is 0 Å². The largest absolute Gasteiger partial charge is 0.385 e. The Morgan fingerprint density at radius 3 is 2.60 bits per heavy atom. The van der Waals surface area contributed by atoms with E-state index >= 15 is 0 Å². The Bertz CT molecular complexity index is 929. The van der Waals surface area contributed by atoms with Crippen LogP contribution >= 0.6 is 12.2 Å². The molecule has 0 bridgehead atoms. The highest BCUT2D eigenvalue weighted by Crippen LogP contribution is 2.28. The van der Waals surface area contributed by atoms with Gasteiger partial charge in [0.2, 0.25) is 5.91 Å². The maximum Gasteiger partial charge on any atom is 0.269 e. The van der Waals surface area contributed by atoms with Crippen molar-refractivity contribution >= 4 is 29.5 Å². The van der Waals surface area contributed by atoms with E-state index in [1.807, 2.05) is 4.90 Å². The summed E-state index contributed by atoms with van der Waals surface area (Å²) in [5, 5.41) is 21.2. The molecule has 1 aliphatic heterocycles. The van der Waals surface area contributed by atoms with E-state index in [0.717, 1.165) is 37.4 Å². The Hall–Kier alpha value is -2.75. The first-order valence-electron chi connectivity index (χ1n) is 10.3. The molecule has 1 amide bonds. The van der Waals surface area contributed by atoms with E-state index in [2.05, 4.69) is 33.9 Å². The highest BCUT2D eigenvalue weighted by molar-refractivity contribution is 7.71. The van der Waals surface area contributed by atoms with E-state index in [0.29, 0.717) is 30.1 Å². The van der Waals surface area contributed by atoms with Gasteiger partial charge in [0.25, 0.3) is 5.69 Å². The molecule has 0 unspecified atom stereocenters. The lowest BCUT2D eigenvalue weighted by Crippen LogP contribution is -2.38. The zero-order valence-corrected chi connectivity index (χ0v) is 18.2. The highest BCUT2D eigenvalue weighted by Gasteiger charge is 2.27. The number of rotatable bonds is 8. The molecule has 1 aromatic heterocycles. The lowest BCUT2D eigenvalue weighted by molar-refractivity contribution is -0.384. The smallest absolute Gasteiger partial charge is 0.269 e. The minimum atomic E-state index is -0.421. The predicted octanol–water partition coefficient (Wildman–Crippen LogP) is 4.03. The molecule has 1 fully saturated rings. The number of H-pyrrole nitrogens is 1. The number of nitro benzene ring substituents is 1. The van der Waals surface area contributed by atoms with Crippen LogP contribution in [0.15, 0.2) is 24.3 Å². The number of amides is 1. The number of piperidine rings is 1. The fourth-order valence-corrected chi connectivity index (χ4v) is 4.17. The van der Waals surface area contributed by atoms with Crippen molar-refractivity contribution in [3.05, 3.63) is 45.0 Å². The second kappa shape index (κ2) is 9.84. The molecule has 2 aromatic rings. The van der Waals surface area contributed by atoms with Gasteiger partial charge < -0.3 is 14.8 Å². The molecule has 1 aromatic carbocycles. The Balaban J connectivity index is 1.41. The van der Waals surface area contributed by atoms with Gasteiger partial charge in [0.05, 0.1) is 4.92 Å². The predicted molar refractivity (Wildman–Crippen MR) is 117 cm³/mol. The highest BCUT2D eigenvalue weighted by atomic mass is 32.1. The molecule has 0 atom stereocenters. The molecule has 3 rings (SSSR count). The Morgan fingerprint density at radius 2 is 2.00 bits per heavy atom. The summed E-state index contributed by atoms with van der Waals surface area (Å²) in [7, 11) is 0. The van der Waals surface area contributed by atoms with Crippen LogP contribution < -0.4 is 5.32 Å². The number of non-ortho nitro benzene ring substituents is 1. The third-order valence-corrected chi connectivity index (χ3v) is 5.72. The van der Waals surface area contributed by atoms with Crippen LogP contribution in [0.5, 0.6) is 0 Å². The monoisotopic (exact) mass is 432 g/mol. The third kappa shape index (κ3) is 5.24. The van der Waals surface area contributed by atoms with Crippen LogP contribution in [-0.2, 0) is 4.79 Å². The van der Waals surface area contributed by atoms with Crippen molar-refractivity contribution in [1.29, 1.82) is 0 Å². The van der Waals surface area contributed by atoms with Crippen molar-refractivity contribution in [2.45, 2.75) is 51.5 Å². The molecule has 30 heavy (non-hydrogen) atoms. The number of aromatic nitrogens is 3. The lowest BCUT2D eigenvalue weighted by Gasteiger charge is -2.32. The van der Waals surface area contributed by atoms with Gasteiger partial charge in [-0.15, -0.1) is 0 Å². The second-order valence-corrected chi connectivity index (χ2v) is 8.23. The van der Waals surface area contributed by atoms with E-state index in [4.69, 9.17) is 12.2 Å². The van der Waals surface area contributed by atoms with Crippen LogP contribution in [0.3, 0.4) is 0 Å². The average Bonchev–Trinajstić information content (AvgIpc) is 3.13. The second-order valence-electron chi connectivity index (χ2n) is 7.84. The van der Waals surface area contributed by atoms with Crippen molar-refractivity contribution < 1.29 is 9.72 Å². The molecule has 0 radical (unpaired) electrons. The molecule has 0 aliphatic carbocycles. The number of likely N-dealkylation sites (tertiary alicyclic amines) is 1. The summed E-state index contributed by atoms with van der Waals surface area (Å²) in [6, 6.07) is 6.55. The number of benzene rings is 1. The number of aromatic amines is 1. The SMILES string of the molecule is CC(C)n1c(C2CCN(C(=O)CCCNc3ccc([N+](=O)[O-])cc3)CC2)n[nH]c1=S. The molecule has 2 N–H and O–H groups in total. The number of nitrogens with one attached hydrogen (secondary N) is 2. The van der Waals surface area contributed by atoms with Crippen molar-refractivity contribution in [2.24, 2.45) is 0 Å². The first-order valence-corrected chi connectivity index (χ1v) is 10.7. The summed E-state index contributed by atoms with van der Waals surface area (Å²) in [5.41, 5.74) is 0.879. The van der Waals surface area contributed by atoms with Gasteiger partial charge in [-0.25, -0.2) is 0 Å². The Kier molecular flexibility index (Phi) is 7.20. The number of nitro groups is 1. The van der Waals surface area contributed by atoms with Crippen LogP contribution in [0.2, 0.25) is 0 Å². The molecule has 1 saturated heterocycles. The summed E-state index contributed by atoms with van der Waals surface area (Å²) >= 11 is 5.34. The quantitative estimate of drug-likeness (QED) is 0.282. The van der Waals surface area contributed by atoms with Crippen LogP contribution in [0, 0.1) is 14.9 Å². The van der Waals surface area contributed by atoms with Gasteiger partial charge in [-0.3, -0.25) is 20.0 Å². The average molecular weight is 433 g/mol. The number of carbonyl (C=O) groups excluding carboxylic acids is 1. The molecule has 0 spiro atoms. The fourth-order valence-electron chi connectivity index (χ4n) is 3.82. The number of carbonyl (C=O) groups is 1. The molecule has 1 aliphatic rings. The van der Waals surface area contributed by atoms with Gasteiger partial charge >= 0.3 is 0 Å². The van der Waals surface area contributed by atoms with Gasteiger partial charge in [-0.1, -0.05) is 0 Å². The van der Waals surface area contributed by atoms with Gasteiger partial charge in [0.15, 0.2) is 4.77 Å². The molecule has 9 nitrogen and oxygen atoms in total. The number of nitrogens with zero attached hydrogens (tertiary/aromatic N) is 4. The topological polar surface area (TPSA) is 109 Å². The lowest BCUT2D eigenvalue weighted by atomic mass is 9.95. The van der Waals surface area contributed by atoms with E-state index in [1.54, 1.807) is 12.1 Å².